The Bertz CT molecular complexity index is 213. The van der Waals surface area contributed by atoms with E-state index < -0.39 is 0 Å². The predicted molar refractivity (Wildman–Crippen MR) is 48.3 cm³/mol. The molecule has 0 saturated heterocycles. The van der Waals surface area contributed by atoms with Crippen molar-refractivity contribution >= 4 is 5.91 Å². The van der Waals surface area contributed by atoms with E-state index in [1.807, 2.05) is 0 Å². The maximum absolute atomic E-state index is 11.1. The van der Waals surface area contributed by atoms with Crippen LogP contribution in [0.5, 0.6) is 0 Å². The van der Waals surface area contributed by atoms with E-state index >= 15 is 0 Å². The Morgan fingerprint density at radius 2 is 2.33 bits per heavy atom. The van der Waals surface area contributed by atoms with Gasteiger partial charge in [-0.25, -0.2) is 0 Å². The SMILES string of the molecule is N/C=C/CNC(=O)C=C1CCC1. The molecule has 0 atom stereocenters. The summed E-state index contributed by atoms with van der Waals surface area (Å²) in [5.74, 6) is -0.0113. The van der Waals surface area contributed by atoms with Gasteiger partial charge in [0.2, 0.25) is 5.91 Å². The van der Waals surface area contributed by atoms with Crippen molar-refractivity contribution in [2.75, 3.05) is 6.54 Å². The second-order valence-corrected chi connectivity index (χ2v) is 2.83. The van der Waals surface area contributed by atoms with Crippen molar-refractivity contribution in [2.45, 2.75) is 19.3 Å². The third-order valence-electron chi connectivity index (χ3n) is 1.86. The first kappa shape index (κ1) is 8.84. The molecular formula is C9H14N2O. The molecule has 1 amide bonds. The highest BCUT2D eigenvalue weighted by Crippen LogP contribution is 2.24. The number of carbonyl (C=O) groups is 1. The first-order valence-corrected chi connectivity index (χ1v) is 4.17. The molecular weight excluding hydrogens is 152 g/mol. The fraction of sp³-hybridized carbons (Fsp3) is 0.444. The van der Waals surface area contributed by atoms with Gasteiger partial charge in [0.1, 0.15) is 0 Å². The van der Waals surface area contributed by atoms with Gasteiger partial charge in [-0.2, -0.15) is 0 Å². The lowest BCUT2D eigenvalue weighted by molar-refractivity contribution is -0.116. The molecule has 0 radical (unpaired) electrons. The second kappa shape index (κ2) is 4.59. The largest absolute Gasteiger partial charge is 0.405 e. The molecule has 1 rings (SSSR count). The molecule has 3 N–H and O–H groups in total. The molecule has 3 heteroatoms. The minimum absolute atomic E-state index is 0.0113. The van der Waals surface area contributed by atoms with E-state index in [0.29, 0.717) is 6.54 Å². The average molecular weight is 166 g/mol. The summed E-state index contributed by atoms with van der Waals surface area (Å²) < 4.78 is 0. The minimum Gasteiger partial charge on any atom is -0.405 e. The van der Waals surface area contributed by atoms with Crippen molar-refractivity contribution in [2.24, 2.45) is 5.73 Å². The number of hydrogen-bond acceptors (Lipinski definition) is 2. The maximum atomic E-state index is 11.1. The monoisotopic (exact) mass is 166 g/mol. The summed E-state index contributed by atoms with van der Waals surface area (Å²) in [5.41, 5.74) is 6.36. The van der Waals surface area contributed by atoms with E-state index in [2.05, 4.69) is 5.32 Å². The third-order valence-corrected chi connectivity index (χ3v) is 1.86. The molecule has 12 heavy (non-hydrogen) atoms. The second-order valence-electron chi connectivity index (χ2n) is 2.83. The van der Waals surface area contributed by atoms with Crippen LogP contribution in [0.15, 0.2) is 23.9 Å². The molecule has 1 saturated carbocycles. The van der Waals surface area contributed by atoms with Crippen LogP contribution in [-0.4, -0.2) is 12.5 Å². The Hall–Kier alpha value is -1.25. The van der Waals surface area contributed by atoms with Crippen LogP contribution in [-0.2, 0) is 4.79 Å². The first-order valence-electron chi connectivity index (χ1n) is 4.17. The van der Waals surface area contributed by atoms with Gasteiger partial charge in [-0.05, 0) is 31.5 Å². The Morgan fingerprint density at radius 3 is 2.83 bits per heavy atom. The van der Waals surface area contributed by atoms with Crippen LogP contribution in [0.4, 0.5) is 0 Å². The van der Waals surface area contributed by atoms with Gasteiger partial charge in [0.25, 0.3) is 0 Å². The Labute approximate surface area is 72.3 Å². The molecule has 0 bridgehead atoms. The molecule has 1 aliphatic rings. The molecule has 0 unspecified atom stereocenters. The summed E-state index contributed by atoms with van der Waals surface area (Å²) in [6.07, 6.45) is 8.21. The number of nitrogens with one attached hydrogen (secondary N) is 1. The highest BCUT2D eigenvalue weighted by molar-refractivity contribution is 5.88. The van der Waals surface area contributed by atoms with Crippen LogP contribution in [0, 0.1) is 0 Å². The smallest absolute Gasteiger partial charge is 0.244 e. The van der Waals surface area contributed by atoms with Crippen LogP contribution >= 0.6 is 0 Å². The van der Waals surface area contributed by atoms with E-state index in [1.54, 1.807) is 12.2 Å². The van der Waals surface area contributed by atoms with Gasteiger partial charge in [0.05, 0.1) is 0 Å². The van der Waals surface area contributed by atoms with E-state index in [4.69, 9.17) is 5.73 Å². The quantitative estimate of drug-likeness (QED) is 0.606. The topological polar surface area (TPSA) is 55.1 Å². The van der Waals surface area contributed by atoms with Crippen molar-refractivity contribution in [1.82, 2.24) is 5.32 Å². The fourth-order valence-electron chi connectivity index (χ4n) is 0.989. The molecule has 1 aliphatic carbocycles. The number of rotatable bonds is 3. The summed E-state index contributed by atoms with van der Waals surface area (Å²) in [7, 11) is 0. The molecule has 0 heterocycles. The summed E-state index contributed by atoms with van der Waals surface area (Å²) >= 11 is 0. The fourth-order valence-corrected chi connectivity index (χ4v) is 0.989. The number of hydrogen-bond donors (Lipinski definition) is 2. The van der Waals surface area contributed by atoms with Crippen molar-refractivity contribution in [1.29, 1.82) is 0 Å². The highest BCUT2D eigenvalue weighted by atomic mass is 16.1. The first-order chi connectivity index (χ1) is 5.83. The Kier molecular flexibility index (Phi) is 3.38. The lowest BCUT2D eigenvalue weighted by Crippen LogP contribution is -2.22. The number of allylic oxidation sites excluding steroid dienone is 1. The standard InChI is InChI=1S/C9H14N2O/c10-5-2-6-11-9(12)7-8-3-1-4-8/h2,5,7H,1,3-4,6,10H2,(H,11,12)/b5-2+. The van der Waals surface area contributed by atoms with Gasteiger partial charge in [0.15, 0.2) is 0 Å². The Balaban J connectivity index is 2.19. The van der Waals surface area contributed by atoms with Crippen molar-refractivity contribution in [3.63, 3.8) is 0 Å². The number of amides is 1. The van der Waals surface area contributed by atoms with Crippen LogP contribution < -0.4 is 11.1 Å². The Morgan fingerprint density at radius 1 is 1.58 bits per heavy atom. The van der Waals surface area contributed by atoms with E-state index in [9.17, 15) is 4.79 Å². The zero-order chi connectivity index (χ0) is 8.81. The molecule has 0 aliphatic heterocycles. The lowest BCUT2D eigenvalue weighted by atomic mass is 9.92. The van der Waals surface area contributed by atoms with Crippen molar-refractivity contribution in [3.05, 3.63) is 23.9 Å². The summed E-state index contributed by atoms with van der Waals surface area (Å²) in [6.45, 7) is 0.513. The number of carbonyl (C=O) groups excluding carboxylic acids is 1. The molecule has 0 aromatic carbocycles. The van der Waals surface area contributed by atoms with Gasteiger partial charge < -0.3 is 11.1 Å². The van der Waals surface area contributed by atoms with Gasteiger partial charge in [-0.1, -0.05) is 5.57 Å². The van der Waals surface area contributed by atoms with Gasteiger partial charge in [-0.15, -0.1) is 0 Å². The molecule has 1 fully saturated rings. The van der Waals surface area contributed by atoms with E-state index in [0.717, 1.165) is 12.8 Å². The maximum Gasteiger partial charge on any atom is 0.244 e. The molecule has 3 nitrogen and oxygen atoms in total. The van der Waals surface area contributed by atoms with Crippen LogP contribution in [0.1, 0.15) is 19.3 Å². The van der Waals surface area contributed by atoms with Crippen molar-refractivity contribution < 1.29 is 4.79 Å². The molecule has 0 aromatic rings. The summed E-state index contributed by atoms with van der Waals surface area (Å²) in [4.78, 5) is 11.1. The predicted octanol–water partition coefficient (Wildman–Crippen LogP) is 0.685. The van der Waals surface area contributed by atoms with Gasteiger partial charge in [-0.3, -0.25) is 4.79 Å². The third kappa shape index (κ3) is 2.78. The molecule has 66 valence electrons. The van der Waals surface area contributed by atoms with Crippen LogP contribution in [0.2, 0.25) is 0 Å². The lowest BCUT2D eigenvalue weighted by Gasteiger charge is -2.15. The van der Waals surface area contributed by atoms with Gasteiger partial charge in [0, 0.05) is 12.6 Å². The van der Waals surface area contributed by atoms with Crippen molar-refractivity contribution in [3.8, 4) is 0 Å². The minimum atomic E-state index is -0.0113. The molecule has 0 spiro atoms. The zero-order valence-corrected chi connectivity index (χ0v) is 7.05. The summed E-state index contributed by atoms with van der Waals surface area (Å²) in [6, 6.07) is 0. The van der Waals surface area contributed by atoms with E-state index in [-0.39, 0.29) is 5.91 Å². The normalized spacial score (nSPS) is 15.8. The molecule has 0 aromatic heterocycles. The van der Waals surface area contributed by atoms with E-state index in [1.165, 1.54) is 18.2 Å². The zero-order valence-electron chi connectivity index (χ0n) is 7.05. The highest BCUT2D eigenvalue weighted by Gasteiger charge is 2.09. The van der Waals surface area contributed by atoms with Gasteiger partial charge >= 0.3 is 0 Å². The summed E-state index contributed by atoms with van der Waals surface area (Å²) in [5, 5.41) is 2.70. The van der Waals surface area contributed by atoms with Crippen LogP contribution in [0.25, 0.3) is 0 Å². The van der Waals surface area contributed by atoms with Crippen LogP contribution in [0.3, 0.4) is 0 Å². The average Bonchev–Trinajstić information content (AvgIpc) is 1.98. The number of nitrogens with two attached hydrogens (primary N) is 1.